The van der Waals surface area contributed by atoms with Crippen molar-refractivity contribution in [2.24, 2.45) is 0 Å². The van der Waals surface area contributed by atoms with Crippen molar-refractivity contribution in [2.75, 3.05) is 0 Å². The number of carbonyl (C=O) groups excluding carboxylic acids is 2. The molecule has 2 aliphatic rings. The Kier molecular flexibility index (Phi) is 3.02. The Bertz CT molecular complexity index is 1050. The number of halogens is 2. The van der Waals surface area contributed by atoms with Crippen molar-refractivity contribution in [3.8, 4) is 0 Å². The van der Waals surface area contributed by atoms with E-state index in [4.69, 9.17) is 0 Å². The van der Waals surface area contributed by atoms with Crippen LogP contribution in [0.25, 0.3) is 0 Å². The second-order valence-corrected chi connectivity index (χ2v) is 6.78. The summed E-state index contributed by atoms with van der Waals surface area (Å²) >= 11 is 0. The van der Waals surface area contributed by atoms with E-state index < -0.39 is 11.6 Å². The predicted molar refractivity (Wildman–Crippen MR) is 91.7 cm³/mol. The van der Waals surface area contributed by atoms with E-state index in [1.54, 1.807) is 24.3 Å². The Balaban J connectivity index is 1.67. The molecule has 0 fully saturated rings. The highest BCUT2D eigenvalue weighted by molar-refractivity contribution is 6.16. The second kappa shape index (κ2) is 5.18. The number of carbonyl (C=O) groups is 2. The Morgan fingerprint density at radius 2 is 0.923 bits per heavy atom. The van der Waals surface area contributed by atoms with Crippen LogP contribution in [-0.4, -0.2) is 11.6 Å². The lowest BCUT2D eigenvalue weighted by Gasteiger charge is -2.24. The van der Waals surface area contributed by atoms with Gasteiger partial charge in [-0.15, -0.1) is 0 Å². The van der Waals surface area contributed by atoms with Crippen LogP contribution in [0.2, 0.25) is 0 Å². The summed E-state index contributed by atoms with van der Waals surface area (Å²) in [5, 5.41) is 0. The third-order valence-corrected chi connectivity index (χ3v) is 5.21. The summed E-state index contributed by atoms with van der Waals surface area (Å²) < 4.78 is 27.1. The molecule has 0 saturated heterocycles. The maximum Gasteiger partial charge on any atom is 0.193 e. The summed E-state index contributed by atoms with van der Waals surface area (Å²) in [5.74, 6) is -1.32. The van der Waals surface area contributed by atoms with Crippen LogP contribution in [0.1, 0.15) is 54.1 Å². The lowest BCUT2D eigenvalue weighted by atomic mass is 9.78. The van der Waals surface area contributed by atoms with Gasteiger partial charge in [0.05, 0.1) is 0 Å². The lowest BCUT2D eigenvalue weighted by Crippen LogP contribution is -2.21. The van der Waals surface area contributed by atoms with Crippen LogP contribution in [0.3, 0.4) is 0 Å². The zero-order chi connectivity index (χ0) is 18.0. The predicted octanol–water partition coefficient (Wildman–Crippen LogP) is 4.24. The zero-order valence-electron chi connectivity index (χ0n) is 13.6. The van der Waals surface area contributed by atoms with Gasteiger partial charge in [-0.05, 0) is 71.5 Å². The number of hydrogen-bond donors (Lipinski definition) is 0. The summed E-state index contributed by atoms with van der Waals surface area (Å²) in [6, 6.07) is 11.9. The minimum absolute atomic E-state index is 0.221. The molecule has 0 bridgehead atoms. The molecule has 0 spiro atoms. The molecular formula is C22H12F2O2. The van der Waals surface area contributed by atoms with E-state index in [9.17, 15) is 18.4 Å². The molecule has 26 heavy (non-hydrogen) atoms. The third kappa shape index (κ3) is 2.08. The molecule has 0 atom stereocenters. The van der Waals surface area contributed by atoms with Gasteiger partial charge in [0.1, 0.15) is 11.6 Å². The van der Waals surface area contributed by atoms with Crippen molar-refractivity contribution < 1.29 is 18.4 Å². The molecule has 5 rings (SSSR count). The fourth-order valence-corrected chi connectivity index (χ4v) is 3.93. The maximum atomic E-state index is 13.5. The van der Waals surface area contributed by atoms with Crippen molar-refractivity contribution >= 4 is 11.6 Å². The van der Waals surface area contributed by atoms with Gasteiger partial charge in [0.15, 0.2) is 11.6 Å². The highest BCUT2D eigenvalue weighted by Crippen LogP contribution is 2.34. The van der Waals surface area contributed by atoms with Crippen LogP contribution in [0, 0.1) is 11.6 Å². The van der Waals surface area contributed by atoms with Gasteiger partial charge in [0, 0.05) is 22.3 Å². The van der Waals surface area contributed by atoms with Crippen molar-refractivity contribution in [1.82, 2.24) is 0 Å². The van der Waals surface area contributed by atoms with Crippen molar-refractivity contribution in [3.05, 3.63) is 105 Å². The summed E-state index contributed by atoms with van der Waals surface area (Å²) in [4.78, 5) is 25.6. The Hall–Kier alpha value is -3.14. The van der Waals surface area contributed by atoms with Gasteiger partial charge < -0.3 is 0 Å². The van der Waals surface area contributed by atoms with Crippen LogP contribution < -0.4 is 0 Å². The molecule has 2 aliphatic carbocycles. The second-order valence-electron chi connectivity index (χ2n) is 6.78. The summed E-state index contributed by atoms with van der Waals surface area (Å²) in [7, 11) is 0. The van der Waals surface area contributed by atoms with Crippen LogP contribution >= 0.6 is 0 Å². The van der Waals surface area contributed by atoms with E-state index in [0.29, 0.717) is 35.1 Å². The Morgan fingerprint density at radius 1 is 0.538 bits per heavy atom. The van der Waals surface area contributed by atoms with Gasteiger partial charge in [-0.2, -0.15) is 0 Å². The molecule has 0 saturated carbocycles. The molecule has 3 aromatic carbocycles. The van der Waals surface area contributed by atoms with Gasteiger partial charge in [0.2, 0.25) is 0 Å². The standard InChI is InChI=1S/C22H12F2O2/c23-15-3-1-11-5-13-7-18-14(8-17(13)21(25)19(11)9-15)6-12-2-4-16(24)10-20(12)22(18)26/h1-4,7-10H,5-6H2. The average Bonchev–Trinajstić information content (AvgIpc) is 2.63. The highest BCUT2D eigenvalue weighted by atomic mass is 19.1. The summed E-state index contributed by atoms with van der Waals surface area (Å²) in [6.45, 7) is 0. The van der Waals surface area contributed by atoms with Crippen LogP contribution in [0.15, 0.2) is 48.5 Å². The monoisotopic (exact) mass is 346 g/mol. The molecule has 0 heterocycles. The molecular weight excluding hydrogens is 334 g/mol. The van der Waals surface area contributed by atoms with Crippen LogP contribution in [0.4, 0.5) is 8.78 Å². The molecule has 0 aromatic heterocycles. The van der Waals surface area contributed by atoms with Crippen molar-refractivity contribution in [2.45, 2.75) is 12.8 Å². The quantitative estimate of drug-likeness (QED) is 0.420. The maximum absolute atomic E-state index is 13.5. The minimum Gasteiger partial charge on any atom is -0.289 e. The largest absolute Gasteiger partial charge is 0.289 e. The molecule has 4 heteroatoms. The normalized spacial score (nSPS) is 14.4. The molecule has 126 valence electrons. The van der Waals surface area contributed by atoms with Gasteiger partial charge in [-0.1, -0.05) is 12.1 Å². The molecule has 0 radical (unpaired) electrons. The molecule has 0 N–H and O–H groups in total. The number of hydrogen-bond acceptors (Lipinski definition) is 2. The Morgan fingerprint density at radius 3 is 1.35 bits per heavy atom. The molecule has 0 unspecified atom stereocenters. The molecule has 3 aromatic rings. The minimum atomic E-state index is -0.440. The number of fused-ring (bicyclic) bond motifs is 4. The van der Waals surface area contributed by atoms with Crippen molar-refractivity contribution in [1.29, 1.82) is 0 Å². The fraction of sp³-hybridized carbons (Fsp3) is 0.0909. The average molecular weight is 346 g/mol. The first kappa shape index (κ1) is 15.1. The molecule has 0 aliphatic heterocycles. The third-order valence-electron chi connectivity index (χ3n) is 5.21. The summed E-state index contributed by atoms with van der Waals surface area (Å²) in [5.41, 5.74) is 4.78. The van der Waals surface area contributed by atoms with Crippen LogP contribution in [-0.2, 0) is 12.8 Å². The zero-order valence-corrected chi connectivity index (χ0v) is 13.6. The van der Waals surface area contributed by atoms with Gasteiger partial charge in [-0.25, -0.2) is 8.78 Å². The van der Waals surface area contributed by atoms with Crippen molar-refractivity contribution in [3.63, 3.8) is 0 Å². The molecule has 0 amide bonds. The van der Waals surface area contributed by atoms with E-state index >= 15 is 0 Å². The van der Waals surface area contributed by atoms with Crippen LogP contribution in [0.5, 0.6) is 0 Å². The number of ketones is 2. The summed E-state index contributed by atoms with van der Waals surface area (Å²) in [6.07, 6.45) is 0.931. The highest BCUT2D eigenvalue weighted by Gasteiger charge is 2.29. The number of benzene rings is 3. The SMILES string of the molecule is O=C1c2cc(F)ccc2Cc2cc3c(cc21)Cc1ccc(F)cc1C3=O. The van der Waals surface area contributed by atoms with Gasteiger partial charge in [-0.3, -0.25) is 9.59 Å². The van der Waals surface area contributed by atoms with E-state index in [1.165, 1.54) is 24.3 Å². The first-order chi connectivity index (χ1) is 12.5. The van der Waals surface area contributed by atoms with E-state index in [0.717, 1.165) is 22.3 Å². The van der Waals surface area contributed by atoms with E-state index in [2.05, 4.69) is 0 Å². The van der Waals surface area contributed by atoms with E-state index in [1.807, 2.05) is 0 Å². The van der Waals surface area contributed by atoms with Gasteiger partial charge in [0.25, 0.3) is 0 Å². The first-order valence-electron chi connectivity index (χ1n) is 8.33. The topological polar surface area (TPSA) is 34.1 Å². The first-order valence-corrected chi connectivity index (χ1v) is 8.33. The van der Waals surface area contributed by atoms with Gasteiger partial charge >= 0.3 is 0 Å². The van der Waals surface area contributed by atoms with E-state index in [-0.39, 0.29) is 11.6 Å². The number of rotatable bonds is 0. The lowest BCUT2D eigenvalue weighted by molar-refractivity contribution is 0.102. The smallest absolute Gasteiger partial charge is 0.193 e. The fourth-order valence-electron chi connectivity index (χ4n) is 3.93. The Labute approximate surface area is 148 Å². The molecule has 2 nitrogen and oxygen atoms in total.